The molecule has 0 saturated carbocycles. The van der Waals surface area contributed by atoms with Crippen LogP contribution in [-0.2, 0) is 6.61 Å². The molecule has 84 valence electrons. The van der Waals surface area contributed by atoms with E-state index in [-0.39, 0.29) is 6.61 Å². The zero-order valence-electron chi connectivity index (χ0n) is 9.86. The lowest BCUT2D eigenvalue weighted by Gasteiger charge is -2.11. The molecule has 0 saturated heterocycles. The molecule has 1 heterocycles. The molecule has 1 aromatic carbocycles. The maximum Gasteiger partial charge on any atom is 0.0996 e. The number of hydrogen-bond acceptors (Lipinski definition) is 2. The van der Waals surface area contributed by atoms with Crippen molar-refractivity contribution in [3.63, 3.8) is 0 Å². The van der Waals surface area contributed by atoms with Gasteiger partial charge < -0.3 is 9.67 Å². The van der Waals surface area contributed by atoms with Crippen LogP contribution in [0, 0.1) is 20.8 Å². The van der Waals surface area contributed by atoms with Crippen molar-refractivity contribution in [2.24, 2.45) is 0 Å². The molecular formula is C13H16N2O. The minimum Gasteiger partial charge on any atom is -0.390 e. The molecule has 0 aliphatic carbocycles. The fraction of sp³-hybridized carbons (Fsp3) is 0.308. The maximum absolute atomic E-state index is 9.00. The van der Waals surface area contributed by atoms with Crippen LogP contribution < -0.4 is 0 Å². The van der Waals surface area contributed by atoms with E-state index in [0.717, 1.165) is 5.69 Å². The van der Waals surface area contributed by atoms with Gasteiger partial charge in [0, 0.05) is 6.20 Å². The first-order valence-corrected chi connectivity index (χ1v) is 5.33. The van der Waals surface area contributed by atoms with E-state index in [1.165, 1.54) is 16.7 Å². The highest BCUT2D eigenvalue weighted by atomic mass is 16.3. The summed E-state index contributed by atoms with van der Waals surface area (Å²) in [4.78, 5) is 4.13. The molecule has 1 N–H and O–H groups in total. The molecule has 0 bridgehead atoms. The third kappa shape index (κ3) is 1.86. The lowest BCUT2D eigenvalue weighted by atomic mass is 10.1. The molecule has 2 aromatic rings. The number of hydrogen-bond donors (Lipinski definition) is 1. The van der Waals surface area contributed by atoms with Gasteiger partial charge in [-0.25, -0.2) is 4.98 Å². The van der Waals surface area contributed by atoms with Crippen molar-refractivity contribution in [2.45, 2.75) is 27.4 Å². The van der Waals surface area contributed by atoms with Gasteiger partial charge in [0.05, 0.1) is 24.3 Å². The molecular weight excluding hydrogens is 200 g/mol. The summed E-state index contributed by atoms with van der Waals surface area (Å²) in [6.07, 6.45) is 3.61. The molecule has 0 amide bonds. The van der Waals surface area contributed by atoms with Crippen LogP contribution in [0.3, 0.4) is 0 Å². The highest BCUT2D eigenvalue weighted by Gasteiger charge is 2.06. The minimum absolute atomic E-state index is 0.0169. The molecule has 3 heteroatoms. The summed E-state index contributed by atoms with van der Waals surface area (Å²) in [7, 11) is 0. The topological polar surface area (TPSA) is 38.0 Å². The SMILES string of the molecule is Cc1cc(C)c(-n2cnc(CO)c2)c(C)c1. The third-order valence-electron chi connectivity index (χ3n) is 2.69. The number of rotatable bonds is 2. The summed E-state index contributed by atoms with van der Waals surface area (Å²) in [5.41, 5.74) is 5.55. The Hall–Kier alpha value is -1.61. The molecule has 1 aromatic heterocycles. The first-order chi connectivity index (χ1) is 7.61. The van der Waals surface area contributed by atoms with Crippen molar-refractivity contribution in [3.05, 3.63) is 47.0 Å². The van der Waals surface area contributed by atoms with Crippen LogP contribution in [0.2, 0.25) is 0 Å². The van der Waals surface area contributed by atoms with Crippen LogP contribution >= 0.6 is 0 Å². The second-order valence-corrected chi connectivity index (χ2v) is 4.18. The second-order valence-electron chi connectivity index (χ2n) is 4.18. The molecule has 0 atom stereocenters. The van der Waals surface area contributed by atoms with E-state index >= 15 is 0 Å². The van der Waals surface area contributed by atoms with Crippen LogP contribution in [0.4, 0.5) is 0 Å². The number of benzene rings is 1. The third-order valence-corrected chi connectivity index (χ3v) is 2.69. The molecule has 0 radical (unpaired) electrons. The molecule has 0 spiro atoms. The van der Waals surface area contributed by atoms with Gasteiger partial charge in [-0.3, -0.25) is 0 Å². The molecule has 16 heavy (non-hydrogen) atoms. The maximum atomic E-state index is 9.00. The van der Waals surface area contributed by atoms with Gasteiger partial charge in [0.2, 0.25) is 0 Å². The minimum atomic E-state index is -0.0169. The van der Waals surface area contributed by atoms with Crippen LogP contribution in [-0.4, -0.2) is 14.7 Å². The van der Waals surface area contributed by atoms with Gasteiger partial charge >= 0.3 is 0 Å². The number of imidazole rings is 1. The summed E-state index contributed by atoms with van der Waals surface area (Å²) in [5, 5.41) is 9.00. The number of aromatic nitrogens is 2. The van der Waals surface area contributed by atoms with Gasteiger partial charge in [0.15, 0.2) is 0 Å². The zero-order chi connectivity index (χ0) is 11.7. The quantitative estimate of drug-likeness (QED) is 0.836. The monoisotopic (exact) mass is 216 g/mol. The number of aliphatic hydroxyl groups excluding tert-OH is 1. The average Bonchev–Trinajstić information content (AvgIpc) is 2.64. The van der Waals surface area contributed by atoms with Gasteiger partial charge in [0.1, 0.15) is 0 Å². The van der Waals surface area contributed by atoms with Crippen molar-refractivity contribution in [3.8, 4) is 5.69 Å². The summed E-state index contributed by atoms with van der Waals surface area (Å²) < 4.78 is 1.97. The first kappa shape index (κ1) is 10.9. The fourth-order valence-electron chi connectivity index (χ4n) is 2.15. The smallest absolute Gasteiger partial charge is 0.0996 e. The van der Waals surface area contributed by atoms with Gasteiger partial charge in [-0.15, -0.1) is 0 Å². The Balaban J connectivity index is 2.55. The van der Waals surface area contributed by atoms with Crippen LogP contribution in [0.15, 0.2) is 24.7 Å². The van der Waals surface area contributed by atoms with Crippen molar-refractivity contribution in [2.75, 3.05) is 0 Å². The Morgan fingerprint density at radius 1 is 1.19 bits per heavy atom. The van der Waals surface area contributed by atoms with Gasteiger partial charge in [-0.2, -0.15) is 0 Å². The van der Waals surface area contributed by atoms with Crippen LogP contribution in [0.1, 0.15) is 22.4 Å². The van der Waals surface area contributed by atoms with E-state index in [1.54, 1.807) is 6.33 Å². The van der Waals surface area contributed by atoms with Crippen molar-refractivity contribution in [1.82, 2.24) is 9.55 Å². The highest BCUT2D eigenvalue weighted by molar-refractivity contribution is 5.49. The molecule has 0 unspecified atom stereocenters. The summed E-state index contributed by atoms with van der Waals surface area (Å²) in [5.74, 6) is 0. The average molecular weight is 216 g/mol. The van der Waals surface area contributed by atoms with Gasteiger partial charge in [-0.05, 0) is 31.9 Å². The highest BCUT2D eigenvalue weighted by Crippen LogP contribution is 2.20. The van der Waals surface area contributed by atoms with Crippen molar-refractivity contribution < 1.29 is 5.11 Å². The Kier molecular flexibility index (Phi) is 2.79. The number of aryl methyl sites for hydroxylation is 3. The van der Waals surface area contributed by atoms with Gasteiger partial charge in [0.25, 0.3) is 0 Å². The second kappa shape index (κ2) is 4.10. The summed E-state index contributed by atoms with van der Waals surface area (Å²) in [6, 6.07) is 4.31. The fourth-order valence-corrected chi connectivity index (χ4v) is 2.15. The number of nitrogens with zero attached hydrogens (tertiary/aromatic N) is 2. The summed E-state index contributed by atoms with van der Waals surface area (Å²) >= 11 is 0. The standard InChI is InChI=1S/C13H16N2O/c1-9-4-10(2)13(11(3)5-9)15-6-12(7-16)14-8-15/h4-6,8,16H,7H2,1-3H3. The van der Waals surface area contributed by atoms with E-state index < -0.39 is 0 Å². The van der Waals surface area contributed by atoms with E-state index in [9.17, 15) is 0 Å². The lowest BCUT2D eigenvalue weighted by molar-refractivity contribution is 0.277. The van der Waals surface area contributed by atoms with Gasteiger partial charge in [-0.1, -0.05) is 17.7 Å². The predicted molar refractivity (Wildman–Crippen MR) is 63.7 cm³/mol. The van der Waals surface area contributed by atoms with E-state index in [2.05, 4.69) is 37.9 Å². The lowest BCUT2D eigenvalue weighted by Crippen LogP contribution is -1.98. The van der Waals surface area contributed by atoms with Crippen molar-refractivity contribution >= 4 is 0 Å². The Bertz CT molecular complexity index is 491. The van der Waals surface area contributed by atoms with Crippen molar-refractivity contribution in [1.29, 1.82) is 0 Å². The normalized spacial score (nSPS) is 10.8. The molecule has 3 nitrogen and oxygen atoms in total. The van der Waals surface area contributed by atoms with Crippen LogP contribution in [0.5, 0.6) is 0 Å². The largest absolute Gasteiger partial charge is 0.390 e. The van der Waals surface area contributed by atoms with E-state index in [1.807, 2.05) is 10.8 Å². The zero-order valence-corrected chi connectivity index (χ0v) is 9.86. The predicted octanol–water partition coefficient (Wildman–Crippen LogP) is 2.29. The first-order valence-electron chi connectivity index (χ1n) is 5.33. The Labute approximate surface area is 95.4 Å². The van der Waals surface area contributed by atoms with E-state index in [4.69, 9.17) is 5.11 Å². The number of aliphatic hydroxyl groups is 1. The molecule has 0 fully saturated rings. The molecule has 2 rings (SSSR count). The van der Waals surface area contributed by atoms with Crippen LogP contribution in [0.25, 0.3) is 5.69 Å². The van der Waals surface area contributed by atoms with E-state index in [0.29, 0.717) is 5.69 Å². The molecule has 0 aliphatic heterocycles. The Morgan fingerprint density at radius 2 is 1.81 bits per heavy atom. The summed E-state index contributed by atoms with van der Waals surface area (Å²) in [6.45, 7) is 6.26. The Morgan fingerprint density at radius 3 is 2.31 bits per heavy atom. The molecule has 0 aliphatic rings.